The van der Waals surface area contributed by atoms with Crippen molar-refractivity contribution >= 4 is 40.6 Å². The van der Waals surface area contributed by atoms with E-state index in [1.54, 1.807) is 6.07 Å². The van der Waals surface area contributed by atoms with Crippen LogP contribution in [-0.4, -0.2) is 23.7 Å². The number of nitrogens with one attached hydrogen (secondary N) is 2. The number of thiocarbonyl (C=S) groups is 1. The van der Waals surface area contributed by atoms with Gasteiger partial charge in [-0.15, -0.1) is 0 Å². The van der Waals surface area contributed by atoms with Crippen LogP contribution in [0.15, 0.2) is 18.2 Å². The first-order valence-electron chi connectivity index (χ1n) is 5.56. The lowest BCUT2D eigenvalue weighted by Crippen LogP contribution is -2.40. The summed E-state index contributed by atoms with van der Waals surface area (Å²) in [7, 11) is 0. The zero-order chi connectivity index (χ0) is 13.1. The second kappa shape index (κ2) is 5.54. The molecule has 1 aliphatic heterocycles. The van der Waals surface area contributed by atoms with Gasteiger partial charge in [0.15, 0.2) is 5.11 Å². The Morgan fingerprint density at radius 3 is 2.94 bits per heavy atom. The van der Waals surface area contributed by atoms with Gasteiger partial charge >= 0.3 is 5.97 Å². The van der Waals surface area contributed by atoms with E-state index in [9.17, 15) is 4.79 Å². The monoisotopic (exact) mass is 284 g/mol. The molecular weight excluding hydrogens is 272 g/mol. The summed E-state index contributed by atoms with van der Waals surface area (Å²) in [6.07, 6.45) is 0.639. The molecular formula is C12H13ClN2O2S. The maximum absolute atomic E-state index is 11.3. The van der Waals surface area contributed by atoms with Gasteiger partial charge in [0.05, 0.1) is 6.61 Å². The number of carbonyl (C=O) groups is 1. The van der Waals surface area contributed by atoms with Crippen molar-refractivity contribution in [3.63, 3.8) is 0 Å². The van der Waals surface area contributed by atoms with E-state index in [1.165, 1.54) is 0 Å². The third-order valence-electron chi connectivity index (χ3n) is 2.68. The lowest BCUT2D eigenvalue weighted by atomic mass is 10.2. The van der Waals surface area contributed by atoms with Crippen LogP contribution in [0.1, 0.15) is 12.0 Å². The molecule has 0 bridgehead atoms. The number of esters is 1. The standard InChI is InChI=1S/C12H13ClN2O2S/c1-7-6-8(13)2-3-9(7)14-12(18)15-10-4-5-17-11(10)16/h2-3,6,10H,4-5H2,1H3,(H2,14,15,18). The fraction of sp³-hybridized carbons (Fsp3) is 0.333. The minimum atomic E-state index is -0.349. The van der Waals surface area contributed by atoms with Gasteiger partial charge in [-0.1, -0.05) is 11.6 Å². The van der Waals surface area contributed by atoms with E-state index in [4.69, 9.17) is 28.6 Å². The molecule has 1 aromatic rings. The second-order valence-electron chi connectivity index (χ2n) is 4.07. The number of aryl methyl sites for hydroxylation is 1. The maximum atomic E-state index is 11.3. The van der Waals surface area contributed by atoms with E-state index in [2.05, 4.69) is 10.6 Å². The maximum Gasteiger partial charge on any atom is 0.328 e. The summed E-state index contributed by atoms with van der Waals surface area (Å²) in [5, 5.41) is 7.05. The number of rotatable bonds is 2. The van der Waals surface area contributed by atoms with Crippen molar-refractivity contribution in [1.29, 1.82) is 0 Å². The topological polar surface area (TPSA) is 50.4 Å². The quantitative estimate of drug-likeness (QED) is 0.644. The van der Waals surface area contributed by atoms with Gasteiger partial charge in [0.25, 0.3) is 0 Å². The van der Waals surface area contributed by atoms with Gasteiger partial charge in [-0.2, -0.15) is 0 Å². The summed E-state index contributed by atoms with van der Waals surface area (Å²) in [5.74, 6) is -0.257. The molecule has 4 nitrogen and oxygen atoms in total. The van der Waals surface area contributed by atoms with Gasteiger partial charge in [0.2, 0.25) is 0 Å². The van der Waals surface area contributed by atoms with Crippen LogP contribution in [0.4, 0.5) is 5.69 Å². The van der Waals surface area contributed by atoms with Crippen molar-refractivity contribution in [3.8, 4) is 0 Å². The molecule has 2 rings (SSSR count). The lowest BCUT2D eigenvalue weighted by molar-refractivity contribution is -0.139. The van der Waals surface area contributed by atoms with Gasteiger partial charge in [0.1, 0.15) is 6.04 Å². The average Bonchev–Trinajstić information content (AvgIpc) is 2.69. The molecule has 0 spiro atoms. The highest BCUT2D eigenvalue weighted by Gasteiger charge is 2.26. The summed E-state index contributed by atoms with van der Waals surface area (Å²) in [4.78, 5) is 11.3. The summed E-state index contributed by atoms with van der Waals surface area (Å²) in [5.41, 5.74) is 1.85. The van der Waals surface area contributed by atoms with Crippen LogP contribution in [0, 0.1) is 6.92 Å². The van der Waals surface area contributed by atoms with E-state index < -0.39 is 0 Å². The summed E-state index contributed by atoms with van der Waals surface area (Å²) in [6, 6.07) is 5.12. The van der Waals surface area contributed by atoms with Crippen LogP contribution in [-0.2, 0) is 9.53 Å². The number of carbonyl (C=O) groups excluding carboxylic acids is 1. The molecule has 6 heteroatoms. The third kappa shape index (κ3) is 3.11. The second-order valence-corrected chi connectivity index (χ2v) is 4.91. The fourth-order valence-electron chi connectivity index (χ4n) is 1.71. The molecule has 0 aromatic heterocycles. The molecule has 96 valence electrons. The Bertz CT molecular complexity index is 493. The molecule has 1 aliphatic rings. The lowest BCUT2D eigenvalue weighted by Gasteiger charge is -2.14. The zero-order valence-corrected chi connectivity index (χ0v) is 11.4. The molecule has 1 unspecified atom stereocenters. The molecule has 1 aromatic carbocycles. The highest BCUT2D eigenvalue weighted by Crippen LogP contribution is 2.19. The Kier molecular flexibility index (Phi) is 4.04. The van der Waals surface area contributed by atoms with E-state index >= 15 is 0 Å². The summed E-state index contributed by atoms with van der Waals surface area (Å²) in [6.45, 7) is 2.37. The molecule has 18 heavy (non-hydrogen) atoms. The average molecular weight is 285 g/mol. The first-order chi connectivity index (χ1) is 8.56. The Balaban J connectivity index is 1.96. The van der Waals surface area contributed by atoms with Crippen molar-refractivity contribution in [2.75, 3.05) is 11.9 Å². The number of hydrogen-bond acceptors (Lipinski definition) is 3. The number of halogens is 1. The first kappa shape index (κ1) is 13.1. The number of ether oxygens (including phenoxy) is 1. The minimum Gasteiger partial charge on any atom is -0.464 e. The minimum absolute atomic E-state index is 0.257. The molecule has 1 saturated heterocycles. The van der Waals surface area contributed by atoms with Crippen molar-refractivity contribution in [2.24, 2.45) is 0 Å². The highest BCUT2D eigenvalue weighted by molar-refractivity contribution is 7.80. The molecule has 0 radical (unpaired) electrons. The smallest absolute Gasteiger partial charge is 0.328 e. The van der Waals surface area contributed by atoms with Crippen molar-refractivity contribution in [1.82, 2.24) is 5.32 Å². The molecule has 1 atom stereocenters. The van der Waals surface area contributed by atoms with Gasteiger partial charge in [0, 0.05) is 17.1 Å². The normalized spacial score (nSPS) is 18.3. The van der Waals surface area contributed by atoms with Crippen LogP contribution in [0.2, 0.25) is 5.02 Å². The number of anilines is 1. The summed E-state index contributed by atoms with van der Waals surface area (Å²) < 4.78 is 4.85. The van der Waals surface area contributed by atoms with E-state index in [0.29, 0.717) is 23.2 Å². The van der Waals surface area contributed by atoms with Crippen LogP contribution >= 0.6 is 23.8 Å². The predicted octanol–water partition coefficient (Wildman–Crippen LogP) is 2.25. The van der Waals surface area contributed by atoms with Gasteiger partial charge in [-0.05, 0) is 42.9 Å². The molecule has 0 saturated carbocycles. The van der Waals surface area contributed by atoms with Crippen molar-refractivity contribution in [3.05, 3.63) is 28.8 Å². The Hall–Kier alpha value is -1.33. The van der Waals surface area contributed by atoms with Crippen molar-refractivity contribution in [2.45, 2.75) is 19.4 Å². The molecule has 0 aliphatic carbocycles. The molecule has 0 amide bonds. The number of benzene rings is 1. The van der Waals surface area contributed by atoms with Crippen LogP contribution in [0.3, 0.4) is 0 Å². The van der Waals surface area contributed by atoms with Crippen LogP contribution in [0.25, 0.3) is 0 Å². The van der Waals surface area contributed by atoms with Gasteiger partial charge in [-0.25, -0.2) is 4.79 Å². The number of hydrogen-bond donors (Lipinski definition) is 2. The SMILES string of the molecule is Cc1cc(Cl)ccc1NC(=S)NC1CCOC1=O. The van der Waals surface area contributed by atoms with Gasteiger partial charge < -0.3 is 15.4 Å². The van der Waals surface area contributed by atoms with Crippen LogP contribution in [0.5, 0.6) is 0 Å². The summed E-state index contributed by atoms with van der Waals surface area (Å²) >= 11 is 11.0. The fourth-order valence-corrected chi connectivity index (χ4v) is 2.19. The van der Waals surface area contributed by atoms with Gasteiger partial charge in [-0.3, -0.25) is 0 Å². The van der Waals surface area contributed by atoms with E-state index in [0.717, 1.165) is 11.3 Å². The predicted molar refractivity (Wildman–Crippen MR) is 74.9 cm³/mol. The first-order valence-corrected chi connectivity index (χ1v) is 6.35. The van der Waals surface area contributed by atoms with E-state index in [-0.39, 0.29) is 12.0 Å². The molecule has 2 N–H and O–H groups in total. The molecule has 1 fully saturated rings. The zero-order valence-electron chi connectivity index (χ0n) is 9.83. The largest absolute Gasteiger partial charge is 0.464 e. The Labute approximate surface area is 116 Å². The Morgan fingerprint density at radius 2 is 2.33 bits per heavy atom. The number of cyclic esters (lactones) is 1. The third-order valence-corrected chi connectivity index (χ3v) is 3.13. The molecule has 1 heterocycles. The van der Waals surface area contributed by atoms with E-state index in [1.807, 2.05) is 19.1 Å². The highest BCUT2D eigenvalue weighted by atomic mass is 35.5. The van der Waals surface area contributed by atoms with Crippen molar-refractivity contribution < 1.29 is 9.53 Å². The van der Waals surface area contributed by atoms with Crippen LogP contribution < -0.4 is 10.6 Å². The Morgan fingerprint density at radius 1 is 1.56 bits per heavy atom.